The molecule has 2 aromatic carbocycles. The van der Waals surface area contributed by atoms with Crippen LogP contribution in [0.4, 0.5) is 5.69 Å². The van der Waals surface area contributed by atoms with Crippen molar-refractivity contribution in [3.63, 3.8) is 0 Å². The quantitative estimate of drug-likeness (QED) is 0.583. The lowest BCUT2D eigenvalue weighted by Gasteiger charge is -2.16. The Kier molecular flexibility index (Phi) is 6.67. The molecular formula is C16H18ClN3O6S2. The highest BCUT2D eigenvalue weighted by molar-refractivity contribution is 7.89. The van der Waals surface area contributed by atoms with E-state index in [9.17, 15) is 21.6 Å². The SMILES string of the molecule is COc1ccc(Cl)cc1S(=O)(=O)N[C@H](C)C(=O)Nc1ccc(S(N)(=O)=O)cc1. The Bertz CT molecular complexity index is 1090. The lowest BCUT2D eigenvalue weighted by Crippen LogP contribution is -2.41. The first-order valence-corrected chi connectivity index (χ1v) is 11.1. The number of hydrogen-bond donors (Lipinski definition) is 3. The van der Waals surface area contributed by atoms with Gasteiger partial charge in [0.25, 0.3) is 0 Å². The summed E-state index contributed by atoms with van der Waals surface area (Å²) in [4.78, 5) is 12.0. The monoisotopic (exact) mass is 447 g/mol. The fraction of sp³-hybridized carbons (Fsp3) is 0.188. The molecule has 0 aliphatic heterocycles. The molecule has 0 bridgehead atoms. The predicted octanol–water partition coefficient (Wildman–Crippen LogP) is 1.30. The molecule has 2 rings (SSSR count). The van der Waals surface area contributed by atoms with Gasteiger partial charge >= 0.3 is 0 Å². The van der Waals surface area contributed by atoms with Crippen LogP contribution in [0.5, 0.6) is 5.75 Å². The average Bonchev–Trinajstić information content (AvgIpc) is 2.61. The Labute approximate surface area is 167 Å². The summed E-state index contributed by atoms with van der Waals surface area (Å²) in [6.45, 7) is 1.35. The molecule has 152 valence electrons. The smallest absolute Gasteiger partial charge is 0.245 e. The minimum atomic E-state index is -4.10. The first kappa shape index (κ1) is 22.1. The Hall–Kier alpha value is -2.18. The third-order valence-electron chi connectivity index (χ3n) is 3.59. The molecular weight excluding hydrogens is 430 g/mol. The van der Waals surface area contributed by atoms with Crippen molar-refractivity contribution in [3.05, 3.63) is 47.5 Å². The summed E-state index contributed by atoms with van der Waals surface area (Å²) in [7, 11) is -6.65. The van der Waals surface area contributed by atoms with Crippen molar-refractivity contribution < 1.29 is 26.4 Å². The molecule has 0 fully saturated rings. The maximum Gasteiger partial charge on any atom is 0.245 e. The van der Waals surface area contributed by atoms with Crippen molar-refractivity contribution in [2.24, 2.45) is 5.14 Å². The number of methoxy groups -OCH3 is 1. The number of anilines is 1. The average molecular weight is 448 g/mol. The Morgan fingerprint density at radius 1 is 1.11 bits per heavy atom. The normalized spacial score (nSPS) is 13.0. The van der Waals surface area contributed by atoms with Crippen molar-refractivity contribution in [3.8, 4) is 5.75 Å². The standard InChI is InChI=1S/C16H18ClN3O6S2/c1-10(16(21)19-12-4-6-13(7-5-12)27(18,22)23)20-28(24,25)15-9-11(17)3-8-14(15)26-2/h3-10,20H,1-2H3,(H,19,21)(H2,18,22,23)/t10-/m1/s1. The van der Waals surface area contributed by atoms with E-state index in [4.69, 9.17) is 21.5 Å². The number of benzene rings is 2. The lowest BCUT2D eigenvalue weighted by molar-refractivity contribution is -0.117. The van der Waals surface area contributed by atoms with E-state index in [0.717, 1.165) is 0 Å². The highest BCUT2D eigenvalue weighted by atomic mass is 35.5. The second-order valence-corrected chi connectivity index (χ2v) is 9.38. The second-order valence-electron chi connectivity index (χ2n) is 5.70. The minimum absolute atomic E-state index is 0.0723. The number of hydrogen-bond acceptors (Lipinski definition) is 6. The first-order chi connectivity index (χ1) is 12.9. The van der Waals surface area contributed by atoms with Crippen LogP contribution in [0.3, 0.4) is 0 Å². The fourth-order valence-corrected chi connectivity index (χ4v) is 4.34. The van der Waals surface area contributed by atoms with Crippen molar-refractivity contribution >= 4 is 43.2 Å². The van der Waals surface area contributed by atoms with E-state index in [1.807, 2.05) is 0 Å². The Balaban J connectivity index is 2.14. The summed E-state index contributed by atoms with van der Waals surface area (Å²) in [5, 5.41) is 7.67. The zero-order chi connectivity index (χ0) is 21.1. The summed E-state index contributed by atoms with van der Waals surface area (Å²) in [6, 6.07) is 8.03. The van der Waals surface area contributed by atoms with Crippen molar-refractivity contribution in [2.75, 3.05) is 12.4 Å². The molecule has 0 saturated heterocycles. The molecule has 0 spiro atoms. The number of halogens is 1. The van der Waals surface area contributed by atoms with Crippen LogP contribution >= 0.6 is 11.6 Å². The zero-order valence-electron chi connectivity index (χ0n) is 14.8. The van der Waals surface area contributed by atoms with Crippen LogP contribution < -0.4 is 19.9 Å². The molecule has 12 heteroatoms. The Morgan fingerprint density at radius 3 is 2.25 bits per heavy atom. The van der Waals surface area contributed by atoms with Crippen LogP contribution in [-0.4, -0.2) is 35.9 Å². The molecule has 0 heterocycles. The molecule has 9 nitrogen and oxygen atoms in total. The predicted molar refractivity (Wildman–Crippen MR) is 104 cm³/mol. The summed E-state index contributed by atoms with van der Waals surface area (Å²) in [5.41, 5.74) is 0.267. The van der Waals surface area contributed by atoms with E-state index in [0.29, 0.717) is 0 Å². The van der Waals surface area contributed by atoms with Gasteiger partial charge in [-0.1, -0.05) is 11.6 Å². The third-order valence-corrected chi connectivity index (χ3v) is 6.32. The van der Waals surface area contributed by atoms with E-state index in [-0.39, 0.29) is 26.3 Å². The lowest BCUT2D eigenvalue weighted by atomic mass is 10.3. The molecule has 0 aliphatic rings. The van der Waals surface area contributed by atoms with Gasteiger partial charge in [-0.2, -0.15) is 4.72 Å². The van der Waals surface area contributed by atoms with Gasteiger partial charge < -0.3 is 10.1 Å². The van der Waals surface area contributed by atoms with Crippen LogP contribution in [0.15, 0.2) is 52.3 Å². The molecule has 0 saturated carbocycles. The van der Waals surface area contributed by atoms with E-state index in [2.05, 4.69) is 10.0 Å². The van der Waals surface area contributed by atoms with Gasteiger partial charge in [-0.25, -0.2) is 22.0 Å². The number of nitrogens with one attached hydrogen (secondary N) is 2. The van der Waals surface area contributed by atoms with Crippen molar-refractivity contribution in [1.29, 1.82) is 0 Å². The van der Waals surface area contributed by atoms with Gasteiger partial charge in [0.15, 0.2) is 0 Å². The topological polar surface area (TPSA) is 145 Å². The van der Waals surface area contributed by atoms with E-state index in [1.165, 1.54) is 56.5 Å². The molecule has 2 aromatic rings. The number of amides is 1. The maximum absolute atomic E-state index is 12.6. The number of carbonyl (C=O) groups excluding carboxylic acids is 1. The van der Waals surface area contributed by atoms with Crippen LogP contribution in [0, 0.1) is 0 Å². The largest absolute Gasteiger partial charge is 0.495 e. The van der Waals surface area contributed by atoms with Gasteiger partial charge in [-0.05, 0) is 49.4 Å². The van der Waals surface area contributed by atoms with E-state index in [1.54, 1.807) is 0 Å². The van der Waals surface area contributed by atoms with Crippen LogP contribution in [-0.2, 0) is 24.8 Å². The van der Waals surface area contributed by atoms with Gasteiger partial charge in [0.2, 0.25) is 26.0 Å². The van der Waals surface area contributed by atoms with Crippen molar-refractivity contribution in [2.45, 2.75) is 22.8 Å². The van der Waals surface area contributed by atoms with E-state index >= 15 is 0 Å². The number of primary sulfonamides is 1. The highest BCUT2D eigenvalue weighted by Crippen LogP contribution is 2.27. The minimum Gasteiger partial charge on any atom is -0.495 e. The molecule has 0 radical (unpaired) electrons. The van der Waals surface area contributed by atoms with Crippen LogP contribution in [0.1, 0.15) is 6.92 Å². The summed E-state index contributed by atoms with van der Waals surface area (Å²) >= 11 is 5.85. The second kappa shape index (κ2) is 8.45. The molecule has 28 heavy (non-hydrogen) atoms. The van der Waals surface area contributed by atoms with Gasteiger partial charge in [-0.3, -0.25) is 4.79 Å². The number of ether oxygens (including phenoxy) is 1. The number of sulfonamides is 2. The molecule has 0 aliphatic carbocycles. The van der Waals surface area contributed by atoms with Gasteiger partial charge in [-0.15, -0.1) is 0 Å². The molecule has 0 aromatic heterocycles. The van der Waals surface area contributed by atoms with Gasteiger partial charge in [0, 0.05) is 10.7 Å². The third kappa shape index (κ3) is 5.42. The fourth-order valence-electron chi connectivity index (χ4n) is 2.19. The van der Waals surface area contributed by atoms with Gasteiger partial charge in [0.1, 0.15) is 10.6 Å². The number of rotatable bonds is 7. The summed E-state index contributed by atoms with van der Waals surface area (Å²) < 4.78 is 54.9. The molecule has 1 atom stereocenters. The van der Waals surface area contributed by atoms with E-state index < -0.39 is 32.0 Å². The molecule has 4 N–H and O–H groups in total. The Morgan fingerprint density at radius 2 is 1.71 bits per heavy atom. The first-order valence-electron chi connectivity index (χ1n) is 7.73. The number of carbonyl (C=O) groups is 1. The molecule has 1 amide bonds. The molecule has 0 unspecified atom stereocenters. The maximum atomic E-state index is 12.6. The summed E-state index contributed by atoms with van der Waals surface area (Å²) in [6.07, 6.45) is 0. The van der Waals surface area contributed by atoms with Crippen LogP contribution in [0.2, 0.25) is 5.02 Å². The van der Waals surface area contributed by atoms with Crippen LogP contribution in [0.25, 0.3) is 0 Å². The number of nitrogens with two attached hydrogens (primary N) is 1. The summed E-state index contributed by atoms with van der Waals surface area (Å²) in [5.74, 6) is -0.587. The van der Waals surface area contributed by atoms with Gasteiger partial charge in [0.05, 0.1) is 18.0 Å². The van der Waals surface area contributed by atoms with Crippen molar-refractivity contribution in [1.82, 2.24) is 4.72 Å². The highest BCUT2D eigenvalue weighted by Gasteiger charge is 2.25. The zero-order valence-corrected chi connectivity index (χ0v) is 17.2.